The molecule has 2 aromatic rings. The zero-order valence-electron chi connectivity index (χ0n) is 9.12. The van der Waals surface area contributed by atoms with Gasteiger partial charge in [0.05, 0.1) is 0 Å². The molecule has 0 saturated heterocycles. The van der Waals surface area contributed by atoms with Crippen molar-refractivity contribution in [1.29, 1.82) is 0 Å². The molecule has 0 aliphatic rings. The van der Waals surface area contributed by atoms with E-state index in [1.54, 1.807) is 0 Å². The average molecular weight is 199 g/mol. The second-order valence-corrected chi connectivity index (χ2v) is 3.91. The molecule has 2 aromatic carbocycles. The molecule has 1 N–H and O–H groups in total. The molecule has 0 aromatic heterocycles. The van der Waals surface area contributed by atoms with Crippen LogP contribution in [0.3, 0.4) is 0 Å². The lowest BCUT2D eigenvalue weighted by molar-refractivity contribution is 1.02. The Balaban J connectivity index is 2.74. The minimum Gasteiger partial charge on any atom is -0.377 e. The van der Waals surface area contributed by atoms with Crippen LogP contribution in [0.2, 0.25) is 0 Å². The molecule has 0 aliphatic heterocycles. The van der Waals surface area contributed by atoms with Crippen molar-refractivity contribution in [2.24, 2.45) is 0 Å². The molecular weight excluding hydrogens is 184 g/mol. The number of hydrogen-bond acceptors (Lipinski definition) is 1. The maximum atomic E-state index is 7.44. The quantitative estimate of drug-likeness (QED) is 0.730. The van der Waals surface area contributed by atoms with Crippen molar-refractivity contribution in [3.63, 3.8) is 0 Å². The first-order valence-corrected chi connectivity index (χ1v) is 5.06. The van der Waals surface area contributed by atoms with Crippen LogP contribution in [0, 0.1) is 0 Å². The Hall–Kier alpha value is -1.54. The van der Waals surface area contributed by atoms with Crippen molar-refractivity contribution in [3.8, 4) is 0 Å². The summed E-state index contributed by atoms with van der Waals surface area (Å²) < 4.78 is 0. The molecular formula is C13H15N2. The number of benzene rings is 2. The molecule has 0 bridgehead atoms. The smallest absolute Gasteiger partial charge is 0.0443 e. The number of nitrogens with zero attached hydrogens (tertiary/aromatic N) is 1. The largest absolute Gasteiger partial charge is 0.377 e. The fraction of sp³-hybridized carbons (Fsp3) is 0.231. The summed E-state index contributed by atoms with van der Waals surface area (Å²) in [6.07, 6.45) is 0. The predicted molar refractivity (Wildman–Crippen MR) is 65.1 cm³/mol. The normalized spacial score (nSPS) is 10.6. The van der Waals surface area contributed by atoms with Crippen LogP contribution in [0.25, 0.3) is 10.8 Å². The summed E-state index contributed by atoms with van der Waals surface area (Å²) in [5.41, 5.74) is 9.70. The highest BCUT2D eigenvalue weighted by Crippen LogP contribution is 2.27. The van der Waals surface area contributed by atoms with E-state index in [-0.39, 0.29) is 0 Å². The molecule has 0 saturated carbocycles. The van der Waals surface area contributed by atoms with Crippen LogP contribution in [-0.4, -0.2) is 14.1 Å². The van der Waals surface area contributed by atoms with Gasteiger partial charge in [-0.2, -0.15) is 0 Å². The van der Waals surface area contributed by atoms with E-state index < -0.39 is 0 Å². The molecule has 0 spiro atoms. The van der Waals surface area contributed by atoms with E-state index in [0.29, 0.717) is 6.54 Å². The first-order chi connectivity index (χ1) is 7.22. The Labute approximate surface area is 90.3 Å². The van der Waals surface area contributed by atoms with Gasteiger partial charge in [-0.25, -0.2) is 0 Å². The van der Waals surface area contributed by atoms with Crippen LogP contribution in [0.4, 0.5) is 5.69 Å². The number of nitrogens with one attached hydrogen (secondary N) is 1. The SMILES string of the molecule is CN(C)c1cc(C[NH])cc2ccccc12. The third-order valence-corrected chi connectivity index (χ3v) is 2.59. The number of hydrogen-bond donors (Lipinski definition) is 0. The van der Waals surface area contributed by atoms with Crippen LogP contribution in [0.15, 0.2) is 36.4 Å². The lowest BCUT2D eigenvalue weighted by Crippen LogP contribution is -2.09. The molecule has 1 radical (unpaired) electrons. The zero-order valence-corrected chi connectivity index (χ0v) is 9.12. The van der Waals surface area contributed by atoms with E-state index in [9.17, 15) is 0 Å². The van der Waals surface area contributed by atoms with Gasteiger partial charge in [-0.1, -0.05) is 24.3 Å². The molecule has 0 fully saturated rings. The van der Waals surface area contributed by atoms with Gasteiger partial charge in [0.15, 0.2) is 0 Å². The molecule has 0 heterocycles. The monoisotopic (exact) mass is 199 g/mol. The zero-order chi connectivity index (χ0) is 10.8. The van der Waals surface area contributed by atoms with Crippen molar-refractivity contribution < 1.29 is 0 Å². The molecule has 0 aliphatic carbocycles. The van der Waals surface area contributed by atoms with Crippen LogP contribution in [-0.2, 0) is 6.54 Å². The summed E-state index contributed by atoms with van der Waals surface area (Å²) in [6.45, 7) is 0.339. The second kappa shape index (κ2) is 3.91. The molecule has 2 nitrogen and oxygen atoms in total. The van der Waals surface area contributed by atoms with Crippen LogP contribution < -0.4 is 10.6 Å². The van der Waals surface area contributed by atoms with Crippen molar-refractivity contribution in [2.45, 2.75) is 6.54 Å². The lowest BCUT2D eigenvalue weighted by Gasteiger charge is -2.16. The maximum absolute atomic E-state index is 7.44. The van der Waals surface area contributed by atoms with Crippen LogP contribution in [0.1, 0.15) is 5.56 Å². The van der Waals surface area contributed by atoms with Gasteiger partial charge in [-0.15, -0.1) is 0 Å². The standard InChI is InChI=1S/C13H15N2/c1-15(2)13-8-10(9-14)7-11-5-3-4-6-12(11)13/h3-8,14H,9H2,1-2H3. The molecule has 0 unspecified atom stereocenters. The van der Waals surface area contributed by atoms with Gasteiger partial charge in [-0.3, -0.25) is 5.73 Å². The van der Waals surface area contributed by atoms with E-state index in [4.69, 9.17) is 5.73 Å². The van der Waals surface area contributed by atoms with E-state index in [1.807, 2.05) is 20.2 Å². The molecule has 2 heteroatoms. The van der Waals surface area contributed by atoms with Gasteiger partial charge >= 0.3 is 0 Å². The van der Waals surface area contributed by atoms with Crippen molar-refractivity contribution >= 4 is 16.5 Å². The van der Waals surface area contributed by atoms with Crippen molar-refractivity contribution in [3.05, 3.63) is 42.0 Å². The van der Waals surface area contributed by atoms with Gasteiger partial charge in [0.25, 0.3) is 0 Å². The highest BCUT2D eigenvalue weighted by atomic mass is 15.1. The molecule has 15 heavy (non-hydrogen) atoms. The van der Waals surface area contributed by atoms with Gasteiger partial charge < -0.3 is 4.90 Å². The summed E-state index contributed by atoms with van der Waals surface area (Å²) in [5, 5.41) is 2.46. The number of rotatable bonds is 2. The van der Waals surface area contributed by atoms with Gasteiger partial charge in [0.2, 0.25) is 0 Å². The molecule has 2 rings (SSSR count). The number of anilines is 1. The molecule has 0 amide bonds. The molecule has 77 valence electrons. The topological polar surface area (TPSA) is 27.0 Å². The maximum Gasteiger partial charge on any atom is 0.0443 e. The van der Waals surface area contributed by atoms with Gasteiger partial charge in [0, 0.05) is 31.7 Å². The Morgan fingerprint density at radius 3 is 2.53 bits per heavy atom. The third-order valence-electron chi connectivity index (χ3n) is 2.59. The van der Waals surface area contributed by atoms with Crippen molar-refractivity contribution in [2.75, 3.05) is 19.0 Å². The Morgan fingerprint density at radius 2 is 1.87 bits per heavy atom. The summed E-state index contributed by atoms with van der Waals surface area (Å²) in [7, 11) is 4.07. The van der Waals surface area contributed by atoms with Gasteiger partial charge in [-0.05, 0) is 23.1 Å². The average Bonchev–Trinajstić information content (AvgIpc) is 2.27. The lowest BCUT2D eigenvalue weighted by atomic mass is 10.0. The van der Waals surface area contributed by atoms with Crippen molar-refractivity contribution in [1.82, 2.24) is 5.73 Å². The fourth-order valence-electron chi connectivity index (χ4n) is 1.82. The Morgan fingerprint density at radius 1 is 1.13 bits per heavy atom. The molecule has 0 atom stereocenters. The highest BCUT2D eigenvalue weighted by Gasteiger charge is 2.04. The summed E-state index contributed by atoms with van der Waals surface area (Å²) in [5.74, 6) is 0. The first kappa shape index (κ1) is 9.99. The highest BCUT2D eigenvalue weighted by molar-refractivity contribution is 5.94. The summed E-state index contributed by atoms with van der Waals surface area (Å²) in [4.78, 5) is 2.10. The van der Waals surface area contributed by atoms with E-state index in [0.717, 1.165) is 5.56 Å². The third kappa shape index (κ3) is 1.81. The fourth-order valence-corrected chi connectivity index (χ4v) is 1.82. The summed E-state index contributed by atoms with van der Waals surface area (Å²) >= 11 is 0. The van der Waals surface area contributed by atoms with Crippen LogP contribution >= 0.6 is 0 Å². The van der Waals surface area contributed by atoms with E-state index >= 15 is 0 Å². The van der Waals surface area contributed by atoms with Crippen LogP contribution in [0.5, 0.6) is 0 Å². The van der Waals surface area contributed by atoms with E-state index in [2.05, 4.69) is 35.2 Å². The minimum absolute atomic E-state index is 0.339. The second-order valence-electron chi connectivity index (χ2n) is 3.91. The Bertz CT molecular complexity index is 475. The van der Waals surface area contributed by atoms with E-state index in [1.165, 1.54) is 16.5 Å². The first-order valence-electron chi connectivity index (χ1n) is 5.06. The Kier molecular flexibility index (Phi) is 2.60. The predicted octanol–water partition coefficient (Wildman–Crippen LogP) is 2.69. The summed E-state index contributed by atoms with van der Waals surface area (Å²) in [6, 6.07) is 12.5. The minimum atomic E-state index is 0.339. The van der Waals surface area contributed by atoms with Gasteiger partial charge in [0.1, 0.15) is 0 Å². The number of fused-ring (bicyclic) bond motifs is 1.